The van der Waals surface area contributed by atoms with E-state index in [1.165, 1.54) is 0 Å². The summed E-state index contributed by atoms with van der Waals surface area (Å²) in [5, 5.41) is 0. The largest absolute Gasteiger partial charge is 0.352 e. The Bertz CT molecular complexity index is 448. The van der Waals surface area contributed by atoms with Gasteiger partial charge >= 0.3 is 0 Å². The summed E-state index contributed by atoms with van der Waals surface area (Å²) >= 11 is 0. The SMILES string of the molecule is CCCN(CCC)C(=O)C(=CC([NH3+])CC)c1ccccc1. The molecule has 1 amide bonds. The lowest BCUT2D eigenvalue weighted by molar-refractivity contribution is -0.403. The number of carbonyl (C=O) groups is 1. The van der Waals surface area contributed by atoms with E-state index < -0.39 is 0 Å². The molecule has 3 heteroatoms. The maximum absolute atomic E-state index is 12.9. The zero-order valence-corrected chi connectivity index (χ0v) is 13.6. The van der Waals surface area contributed by atoms with Crippen molar-refractivity contribution in [2.24, 2.45) is 0 Å². The van der Waals surface area contributed by atoms with Gasteiger partial charge in [0.25, 0.3) is 5.91 Å². The normalized spacial score (nSPS) is 13.0. The molecule has 0 aliphatic heterocycles. The molecule has 0 saturated carbocycles. The van der Waals surface area contributed by atoms with Crippen molar-refractivity contribution in [3.63, 3.8) is 0 Å². The lowest BCUT2D eigenvalue weighted by atomic mass is 10.0. The second-order valence-corrected chi connectivity index (χ2v) is 5.41. The van der Waals surface area contributed by atoms with Crippen molar-refractivity contribution in [1.82, 2.24) is 4.90 Å². The van der Waals surface area contributed by atoms with Gasteiger partial charge in [-0.2, -0.15) is 0 Å². The molecule has 3 nitrogen and oxygen atoms in total. The predicted molar refractivity (Wildman–Crippen MR) is 88.5 cm³/mol. The maximum Gasteiger partial charge on any atom is 0.254 e. The third kappa shape index (κ3) is 5.35. The number of hydrogen-bond donors (Lipinski definition) is 1. The topological polar surface area (TPSA) is 48.0 Å². The number of amides is 1. The Balaban J connectivity index is 3.11. The fraction of sp³-hybridized carbons (Fsp3) is 0.500. The molecule has 21 heavy (non-hydrogen) atoms. The van der Waals surface area contributed by atoms with Gasteiger partial charge in [0.2, 0.25) is 0 Å². The first kappa shape index (κ1) is 17.4. The van der Waals surface area contributed by atoms with E-state index in [0.717, 1.165) is 43.5 Å². The fourth-order valence-corrected chi connectivity index (χ4v) is 2.29. The minimum atomic E-state index is 0.131. The molecule has 3 N–H and O–H groups in total. The summed E-state index contributed by atoms with van der Waals surface area (Å²) in [7, 11) is 0. The summed E-state index contributed by atoms with van der Waals surface area (Å²) in [5.74, 6) is 0.131. The van der Waals surface area contributed by atoms with Crippen molar-refractivity contribution >= 4 is 11.5 Å². The average molecular weight is 289 g/mol. The van der Waals surface area contributed by atoms with Crippen LogP contribution in [0.15, 0.2) is 36.4 Å². The Labute approximate surface area is 128 Å². The van der Waals surface area contributed by atoms with Crippen molar-refractivity contribution in [3.8, 4) is 0 Å². The minimum absolute atomic E-state index is 0.131. The number of benzene rings is 1. The molecule has 0 aromatic heterocycles. The minimum Gasteiger partial charge on any atom is -0.352 e. The van der Waals surface area contributed by atoms with Crippen molar-refractivity contribution < 1.29 is 10.5 Å². The standard InChI is InChI=1S/C18H28N2O/c1-4-12-20(13-5-2)18(21)17(14-16(19)6-3)15-10-8-7-9-11-15/h7-11,14,16H,4-6,12-13,19H2,1-3H3/p+1. The zero-order chi connectivity index (χ0) is 15.7. The first-order valence-corrected chi connectivity index (χ1v) is 8.03. The van der Waals surface area contributed by atoms with Crippen LogP contribution >= 0.6 is 0 Å². The van der Waals surface area contributed by atoms with E-state index in [1.54, 1.807) is 0 Å². The second-order valence-electron chi connectivity index (χ2n) is 5.41. The van der Waals surface area contributed by atoms with Crippen LogP contribution in [0.4, 0.5) is 0 Å². The molecule has 0 saturated heterocycles. The third-order valence-corrected chi connectivity index (χ3v) is 3.52. The predicted octanol–water partition coefficient (Wildman–Crippen LogP) is 2.74. The molecule has 1 aromatic carbocycles. The van der Waals surface area contributed by atoms with Crippen LogP contribution in [0, 0.1) is 0 Å². The highest BCUT2D eigenvalue weighted by Crippen LogP contribution is 2.18. The van der Waals surface area contributed by atoms with Gasteiger partial charge in [-0.15, -0.1) is 0 Å². The quantitative estimate of drug-likeness (QED) is 0.735. The molecule has 0 heterocycles. The smallest absolute Gasteiger partial charge is 0.254 e. The lowest BCUT2D eigenvalue weighted by Crippen LogP contribution is -2.59. The highest BCUT2D eigenvalue weighted by atomic mass is 16.2. The summed E-state index contributed by atoms with van der Waals surface area (Å²) < 4.78 is 0. The Morgan fingerprint density at radius 3 is 2.19 bits per heavy atom. The lowest BCUT2D eigenvalue weighted by Gasteiger charge is -2.23. The molecule has 0 bridgehead atoms. The van der Waals surface area contributed by atoms with Crippen molar-refractivity contribution in [1.29, 1.82) is 0 Å². The van der Waals surface area contributed by atoms with Crippen LogP contribution in [0.25, 0.3) is 5.57 Å². The molecule has 0 aliphatic rings. The third-order valence-electron chi connectivity index (χ3n) is 3.52. The summed E-state index contributed by atoms with van der Waals surface area (Å²) in [5.41, 5.74) is 5.89. The summed E-state index contributed by atoms with van der Waals surface area (Å²) in [6.45, 7) is 7.93. The number of quaternary nitrogens is 1. The number of rotatable bonds is 8. The summed E-state index contributed by atoms with van der Waals surface area (Å²) in [6.07, 6.45) is 4.92. The molecular formula is C18H29N2O+. The first-order chi connectivity index (χ1) is 10.1. The van der Waals surface area contributed by atoms with E-state index in [4.69, 9.17) is 0 Å². The number of carbonyl (C=O) groups excluding carboxylic acids is 1. The number of nitrogens with zero attached hydrogens (tertiary/aromatic N) is 1. The summed E-state index contributed by atoms with van der Waals surface area (Å²) in [4.78, 5) is 14.9. The van der Waals surface area contributed by atoms with Gasteiger partial charge in [0.15, 0.2) is 0 Å². The number of hydrogen-bond acceptors (Lipinski definition) is 1. The fourth-order valence-electron chi connectivity index (χ4n) is 2.29. The van der Waals surface area contributed by atoms with Crippen LogP contribution in [-0.4, -0.2) is 29.9 Å². The first-order valence-electron chi connectivity index (χ1n) is 8.03. The Kier molecular flexibility index (Phi) is 7.76. The summed E-state index contributed by atoms with van der Waals surface area (Å²) in [6, 6.07) is 10.1. The molecule has 116 valence electrons. The van der Waals surface area contributed by atoms with Gasteiger partial charge in [-0.3, -0.25) is 4.79 Å². The van der Waals surface area contributed by atoms with E-state index >= 15 is 0 Å². The van der Waals surface area contributed by atoms with Crippen LogP contribution in [0.3, 0.4) is 0 Å². The van der Waals surface area contributed by atoms with Crippen molar-refractivity contribution in [2.45, 2.75) is 46.1 Å². The van der Waals surface area contributed by atoms with E-state index in [-0.39, 0.29) is 11.9 Å². The van der Waals surface area contributed by atoms with Gasteiger partial charge in [-0.05, 0) is 24.5 Å². The van der Waals surface area contributed by atoms with Gasteiger partial charge < -0.3 is 10.6 Å². The van der Waals surface area contributed by atoms with E-state index in [9.17, 15) is 4.79 Å². The van der Waals surface area contributed by atoms with Crippen LogP contribution in [0.2, 0.25) is 0 Å². The molecule has 1 aromatic rings. The highest BCUT2D eigenvalue weighted by Gasteiger charge is 2.19. The Morgan fingerprint density at radius 2 is 1.71 bits per heavy atom. The van der Waals surface area contributed by atoms with E-state index in [2.05, 4.69) is 26.5 Å². The maximum atomic E-state index is 12.9. The van der Waals surface area contributed by atoms with Crippen LogP contribution in [0.1, 0.15) is 45.6 Å². The van der Waals surface area contributed by atoms with Crippen LogP contribution in [0.5, 0.6) is 0 Å². The van der Waals surface area contributed by atoms with Crippen LogP contribution < -0.4 is 5.73 Å². The molecule has 0 aliphatic carbocycles. The molecule has 0 spiro atoms. The van der Waals surface area contributed by atoms with E-state index in [0.29, 0.717) is 0 Å². The molecule has 0 fully saturated rings. The molecule has 0 radical (unpaired) electrons. The molecule has 1 atom stereocenters. The van der Waals surface area contributed by atoms with Gasteiger partial charge in [-0.25, -0.2) is 0 Å². The van der Waals surface area contributed by atoms with Gasteiger partial charge in [0.1, 0.15) is 6.04 Å². The second kappa shape index (κ2) is 9.35. The Morgan fingerprint density at radius 1 is 1.14 bits per heavy atom. The van der Waals surface area contributed by atoms with Gasteiger partial charge in [0.05, 0.1) is 0 Å². The highest BCUT2D eigenvalue weighted by molar-refractivity contribution is 6.19. The van der Waals surface area contributed by atoms with E-state index in [1.807, 2.05) is 41.3 Å². The molecular weight excluding hydrogens is 260 g/mol. The molecule has 1 rings (SSSR count). The average Bonchev–Trinajstić information content (AvgIpc) is 2.52. The van der Waals surface area contributed by atoms with Crippen molar-refractivity contribution in [3.05, 3.63) is 42.0 Å². The zero-order valence-electron chi connectivity index (χ0n) is 13.6. The Hall–Kier alpha value is -1.61. The molecule has 1 unspecified atom stereocenters. The monoisotopic (exact) mass is 289 g/mol. The van der Waals surface area contributed by atoms with Gasteiger partial charge in [-0.1, -0.05) is 51.1 Å². The van der Waals surface area contributed by atoms with Crippen LogP contribution in [-0.2, 0) is 4.79 Å². The van der Waals surface area contributed by atoms with Crippen molar-refractivity contribution in [2.75, 3.05) is 13.1 Å². The van der Waals surface area contributed by atoms with Gasteiger partial charge in [0, 0.05) is 25.1 Å².